The fraction of sp³-hybridized carbons (Fsp3) is 0.188. The number of carbonyl (C=O) groups is 1. The number of benzene rings is 2. The van der Waals surface area contributed by atoms with Crippen LogP contribution in [0.3, 0.4) is 0 Å². The summed E-state index contributed by atoms with van der Waals surface area (Å²) in [5.41, 5.74) is 2.81. The Morgan fingerprint density at radius 2 is 1.95 bits per heavy atom. The molecule has 2 aromatic rings. The molecule has 102 valence electrons. The van der Waals surface area contributed by atoms with Crippen LogP contribution in [0.25, 0.3) is 0 Å². The number of rotatable bonds is 2. The zero-order chi connectivity index (χ0) is 14.1. The second-order valence-electron chi connectivity index (χ2n) is 4.97. The molecule has 0 spiro atoms. The highest BCUT2D eigenvalue weighted by molar-refractivity contribution is 5.98. The minimum atomic E-state index is -0.577. The third kappa shape index (κ3) is 2.45. The van der Waals surface area contributed by atoms with Gasteiger partial charge >= 0.3 is 0 Å². The van der Waals surface area contributed by atoms with Crippen molar-refractivity contribution in [3.63, 3.8) is 0 Å². The average Bonchev–Trinajstić information content (AvgIpc) is 2.42. The van der Waals surface area contributed by atoms with E-state index in [0.717, 1.165) is 5.56 Å². The number of nitrogens with one attached hydrogen (secondary N) is 1. The molecule has 2 N–H and O–H groups in total. The van der Waals surface area contributed by atoms with Crippen molar-refractivity contribution in [3.05, 3.63) is 53.6 Å². The van der Waals surface area contributed by atoms with E-state index in [-0.39, 0.29) is 11.7 Å². The van der Waals surface area contributed by atoms with Gasteiger partial charge < -0.3 is 15.2 Å². The van der Waals surface area contributed by atoms with Crippen LogP contribution in [0.15, 0.2) is 42.5 Å². The van der Waals surface area contributed by atoms with Crippen molar-refractivity contribution in [2.75, 3.05) is 5.32 Å². The Kier molecular flexibility index (Phi) is 3.06. The monoisotopic (exact) mass is 269 g/mol. The first-order valence-corrected chi connectivity index (χ1v) is 6.48. The van der Waals surface area contributed by atoms with Crippen molar-refractivity contribution in [1.29, 1.82) is 0 Å². The molecule has 0 fully saturated rings. The van der Waals surface area contributed by atoms with Crippen LogP contribution in [0.1, 0.15) is 11.1 Å². The molecular formula is C16H15NO3. The van der Waals surface area contributed by atoms with Crippen LogP contribution < -0.4 is 10.1 Å². The standard InChI is InChI=1S/C16H15NO3/c1-10-2-4-11(5-3-10)8-15-16(19)17-13-7-6-12(18)9-14(13)20-15/h2-7,9,15,18H,8H2,1H3,(H,17,19). The predicted octanol–water partition coefficient (Wildman–Crippen LogP) is 2.64. The van der Waals surface area contributed by atoms with Crippen LogP contribution in [-0.2, 0) is 11.2 Å². The van der Waals surface area contributed by atoms with Crippen LogP contribution in [0.2, 0.25) is 0 Å². The quantitative estimate of drug-likeness (QED) is 0.824. The van der Waals surface area contributed by atoms with E-state index in [4.69, 9.17) is 4.74 Å². The van der Waals surface area contributed by atoms with Crippen molar-refractivity contribution in [3.8, 4) is 11.5 Å². The molecule has 4 heteroatoms. The van der Waals surface area contributed by atoms with Crippen molar-refractivity contribution in [2.24, 2.45) is 0 Å². The SMILES string of the molecule is Cc1ccc(CC2Oc3cc(O)ccc3NC2=O)cc1. The number of aromatic hydroxyl groups is 1. The van der Waals surface area contributed by atoms with E-state index in [9.17, 15) is 9.90 Å². The zero-order valence-corrected chi connectivity index (χ0v) is 11.1. The summed E-state index contributed by atoms with van der Waals surface area (Å²) in [5, 5.41) is 12.3. The van der Waals surface area contributed by atoms with Gasteiger partial charge in [-0.05, 0) is 24.6 Å². The molecule has 20 heavy (non-hydrogen) atoms. The van der Waals surface area contributed by atoms with Gasteiger partial charge in [-0.25, -0.2) is 0 Å². The molecule has 1 amide bonds. The van der Waals surface area contributed by atoms with Crippen LogP contribution in [0.5, 0.6) is 11.5 Å². The number of fused-ring (bicyclic) bond motifs is 1. The molecule has 0 saturated heterocycles. The largest absolute Gasteiger partial charge is 0.508 e. The number of aryl methyl sites for hydroxylation is 1. The number of anilines is 1. The Balaban J connectivity index is 1.81. The summed E-state index contributed by atoms with van der Waals surface area (Å²) >= 11 is 0. The molecular weight excluding hydrogens is 254 g/mol. The highest BCUT2D eigenvalue weighted by atomic mass is 16.5. The lowest BCUT2D eigenvalue weighted by Crippen LogP contribution is -2.38. The topological polar surface area (TPSA) is 58.6 Å². The summed E-state index contributed by atoms with van der Waals surface area (Å²) < 4.78 is 5.69. The first-order valence-electron chi connectivity index (χ1n) is 6.48. The van der Waals surface area contributed by atoms with E-state index >= 15 is 0 Å². The smallest absolute Gasteiger partial charge is 0.265 e. The predicted molar refractivity (Wildman–Crippen MR) is 76.0 cm³/mol. The molecule has 0 bridgehead atoms. The molecule has 1 aliphatic heterocycles. The van der Waals surface area contributed by atoms with Crippen molar-refractivity contribution in [1.82, 2.24) is 0 Å². The van der Waals surface area contributed by atoms with E-state index in [1.165, 1.54) is 17.7 Å². The Morgan fingerprint density at radius 3 is 2.70 bits per heavy atom. The number of hydrogen-bond donors (Lipinski definition) is 2. The normalized spacial score (nSPS) is 17.1. The third-order valence-electron chi connectivity index (χ3n) is 3.33. The molecule has 1 aliphatic rings. The lowest BCUT2D eigenvalue weighted by Gasteiger charge is -2.26. The number of ether oxygens (including phenoxy) is 1. The maximum absolute atomic E-state index is 12.0. The average molecular weight is 269 g/mol. The van der Waals surface area contributed by atoms with Crippen LogP contribution in [0.4, 0.5) is 5.69 Å². The fourth-order valence-corrected chi connectivity index (χ4v) is 2.20. The summed E-state index contributed by atoms with van der Waals surface area (Å²) in [6, 6.07) is 12.7. The van der Waals surface area contributed by atoms with Crippen LogP contribution >= 0.6 is 0 Å². The summed E-state index contributed by atoms with van der Waals surface area (Å²) in [6.07, 6.45) is -0.0756. The lowest BCUT2D eigenvalue weighted by molar-refractivity contribution is -0.123. The van der Waals surface area contributed by atoms with Gasteiger partial charge in [0.05, 0.1) is 5.69 Å². The van der Waals surface area contributed by atoms with Crippen molar-refractivity contribution >= 4 is 11.6 Å². The Hall–Kier alpha value is -2.49. The number of amides is 1. The maximum Gasteiger partial charge on any atom is 0.265 e. The summed E-state index contributed by atoms with van der Waals surface area (Å²) in [6.45, 7) is 2.02. The molecule has 0 aliphatic carbocycles. The van der Waals surface area contributed by atoms with Crippen LogP contribution in [0, 0.1) is 6.92 Å². The molecule has 1 atom stereocenters. The minimum absolute atomic E-state index is 0.119. The van der Waals surface area contributed by atoms with Crippen LogP contribution in [-0.4, -0.2) is 17.1 Å². The summed E-state index contributed by atoms with van der Waals surface area (Å²) in [4.78, 5) is 12.0. The van der Waals surface area contributed by atoms with E-state index in [1.807, 2.05) is 31.2 Å². The second-order valence-corrected chi connectivity index (χ2v) is 4.97. The first-order chi connectivity index (χ1) is 9.61. The summed E-state index contributed by atoms with van der Waals surface area (Å²) in [5.74, 6) is 0.458. The molecule has 1 heterocycles. The van der Waals surface area contributed by atoms with Crippen molar-refractivity contribution in [2.45, 2.75) is 19.4 Å². The van der Waals surface area contributed by atoms with Gasteiger partial charge in [0.15, 0.2) is 6.10 Å². The van der Waals surface area contributed by atoms with E-state index in [0.29, 0.717) is 17.9 Å². The van der Waals surface area contributed by atoms with Gasteiger partial charge in [0, 0.05) is 12.5 Å². The first kappa shape index (κ1) is 12.5. The number of hydrogen-bond acceptors (Lipinski definition) is 3. The highest BCUT2D eigenvalue weighted by Crippen LogP contribution is 2.33. The lowest BCUT2D eigenvalue weighted by atomic mass is 10.0. The van der Waals surface area contributed by atoms with E-state index < -0.39 is 6.10 Å². The minimum Gasteiger partial charge on any atom is -0.508 e. The summed E-state index contributed by atoms with van der Waals surface area (Å²) in [7, 11) is 0. The molecule has 4 nitrogen and oxygen atoms in total. The Morgan fingerprint density at radius 1 is 1.20 bits per heavy atom. The second kappa shape index (κ2) is 4.89. The molecule has 3 rings (SSSR count). The van der Waals surface area contributed by atoms with Gasteiger partial charge in [0.25, 0.3) is 5.91 Å². The molecule has 0 radical (unpaired) electrons. The molecule has 1 unspecified atom stereocenters. The number of phenols is 1. The molecule has 2 aromatic carbocycles. The number of phenolic OH excluding ortho intramolecular Hbond substituents is 1. The maximum atomic E-state index is 12.0. The van der Waals surface area contributed by atoms with E-state index in [2.05, 4.69) is 5.32 Å². The van der Waals surface area contributed by atoms with Gasteiger partial charge in [-0.15, -0.1) is 0 Å². The van der Waals surface area contributed by atoms with Gasteiger partial charge in [-0.3, -0.25) is 4.79 Å². The number of carbonyl (C=O) groups excluding carboxylic acids is 1. The van der Waals surface area contributed by atoms with Gasteiger partial charge in [-0.2, -0.15) is 0 Å². The zero-order valence-electron chi connectivity index (χ0n) is 11.1. The fourth-order valence-electron chi connectivity index (χ4n) is 2.20. The Labute approximate surface area is 117 Å². The van der Waals surface area contributed by atoms with Gasteiger partial charge in [0.1, 0.15) is 11.5 Å². The third-order valence-corrected chi connectivity index (χ3v) is 3.33. The van der Waals surface area contributed by atoms with Gasteiger partial charge in [-0.1, -0.05) is 29.8 Å². The highest BCUT2D eigenvalue weighted by Gasteiger charge is 2.27. The molecule has 0 saturated carbocycles. The van der Waals surface area contributed by atoms with Crippen molar-refractivity contribution < 1.29 is 14.6 Å². The Bertz CT molecular complexity index is 649. The van der Waals surface area contributed by atoms with Gasteiger partial charge in [0.2, 0.25) is 0 Å². The van der Waals surface area contributed by atoms with E-state index in [1.54, 1.807) is 6.07 Å². The molecule has 0 aromatic heterocycles.